The van der Waals surface area contributed by atoms with Crippen LogP contribution in [0.25, 0.3) is 0 Å². The van der Waals surface area contributed by atoms with Crippen LogP contribution in [0.15, 0.2) is 52.4 Å². The van der Waals surface area contributed by atoms with Crippen molar-refractivity contribution >= 4 is 106 Å². The number of nitrogens with zero attached hydrogens (tertiary/aromatic N) is 4. The first-order chi connectivity index (χ1) is 42.8. The highest BCUT2D eigenvalue weighted by Crippen LogP contribution is 2.28. The Labute approximate surface area is 520 Å². The monoisotopic (exact) mass is 1280 g/mol. The Kier molecular flexibility index (Phi) is 32.1. The smallest absolute Gasteiger partial charge is 0.305 e. The van der Waals surface area contributed by atoms with E-state index in [2.05, 4.69) is 63.2 Å². The average Bonchev–Trinajstić information content (AvgIpc) is 2.54. The van der Waals surface area contributed by atoms with Crippen molar-refractivity contribution in [3.63, 3.8) is 0 Å². The van der Waals surface area contributed by atoms with Crippen LogP contribution in [-0.2, 0) is 52.7 Å². The molecule has 0 saturated heterocycles. The van der Waals surface area contributed by atoms with E-state index in [1.165, 1.54) is 19.1 Å². The van der Waals surface area contributed by atoms with Crippen molar-refractivity contribution in [1.29, 1.82) is 0 Å². The van der Waals surface area contributed by atoms with Gasteiger partial charge in [0.05, 0.1) is 34.3 Å². The lowest BCUT2D eigenvalue weighted by Gasteiger charge is -2.27. The van der Waals surface area contributed by atoms with Crippen molar-refractivity contribution in [3.8, 4) is 0 Å². The minimum absolute atomic E-state index is 0.0571. The number of benzene rings is 2. The lowest BCUT2D eigenvalue weighted by Crippen LogP contribution is -2.60. The van der Waals surface area contributed by atoms with Crippen LogP contribution in [0.5, 0.6) is 0 Å². The number of nitro benzene ring substituents is 2. The van der Waals surface area contributed by atoms with Crippen molar-refractivity contribution in [2.75, 3.05) is 37.2 Å². The number of rotatable bonds is 41. The fourth-order valence-corrected chi connectivity index (χ4v) is 8.35. The number of hydrogen-bond donors (Lipinski definition) is 18. The number of amides is 10. The van der Waals surface area contributed by atoms with Gasteiger partial charge in [-0.05, 0) is 69.6 Å². The number of carbonyl (C=O) groups is 12. The van der Waals surface area contributed by atoms with Crippen LogP contribution in [-0.4, -0.2) is 178 Å². The maximum Gasteiger partial charge on any atom is 0.305 e. The molecule has 0 aromatic heterocycles. The molecule has 0 radical (unpaired) electrons. The van der Waals surface area contributed by atoms with Crippen molar-refractivity contribution in [2.24, 2.45) is 44.6 Å². The summed E-state index contributed by atoms with van der Waals surface area (Å²) in [5.74, 6) is -14.8. The molecule has 2 aromatic carbocycles. The maximum absolute atomic E-state index is 14.2. The number of carboxylic acid groups (broad SMARTS) is 2. The third-order valence-corrected chi connectivity index (χ3v) is 13.0. The molecule has 91 heavy (non-hydrogen) atoms. The molecule has 2 aromatic rings. The number of guanidine groups is 2. The predicted molar refractivity (Wildman–Crippen MR) is 325 cm³/mol. The van der Waals surface area contributed by atoms with E-state index in [1.807, 2.05) is 0 Å². The summed E-state index contributed by atoms with van der Waals surface area (Å²) in [4.78, 5) is 189. The van der Waals surface area contributed by atoms with E-state index in [0.717, 1.165) is 18.2 Å². The summed E-state index contributed by atoms with van der Waals surface area (Å²) in [6.07, 6.45) is -3.87. The second-order valence-electron chi connectivity index (χ2n) is 20.7. The number of non-ortho nitro benzene ring substituents is 1. The number of hydrogen-bond acceptors (Lipinski definition) is 20. The van der Waals surface area contributed by atoms with Crippen molar-refractivity contribution in [3.05, 3.63) is 68.3 Å². The molecule has 0 aliphatic heterocycles. The topological polar surface area (TPSA) is 633 Å². The summed E-state index contributed by atoms with van der Waals surface area (Å²) < 4.78 is 0. The molecule has 8 atom stereocenters. The molecule has 500 valence electrons. The van der Waals surface area contributed by atoms with Gasteiger partial charge in [-0.25, -0.2) is 0 Å². The molecule has 0 aliphatic rings. The van der Waals surface area contributed by atoms with Gasteiger partial charge in [0, 0.05) is 44.4 Å². The number of carbonyl (C=O) groups excluding carboxylic acids is 10. The van der Waals surface area contributed by atoms with Gasteiger partial charge >= 0.3 is 11.9 Å². The quantitative estimate of drug-likeness (QED) is 0.00746. The molecule has 2 rings (SSSR count). The van der Waals surface area contributed by atoms with E-state index in [0.29, 0.717) is 0 Å². The zero-order chi connectivity index (χ0) is 68.7. The predicted octanol–water partition coefficient (Wildman–Crippen LogP) is -4.40. The fraction of sp³-hybridized carbons (Fsp3) is 0.509. The number of nitrogens with one attached hydrogen (secondary N) is 10. The SMILES string of the molecule is CCCC(NC(=O)C(CC(=O)O)NC(=O)C(C)NC(=O)C(NC(=O)c1ccccc1N)C(C)C)C(=O)NC(CCCN=C(N)N)C(=O)NC(CC(=O)O)C(=O)NC(CCCN=C(N)N)C(=O)NC(CCC(N)=O)C(=O)NCCNc1ccc([N+](=O)[O-])cc1[N+](=O)[O-]. The van der Waals surface area contributed by atoms with E-state index < -0.39 is 172 Å². The number of anilines is 2. The van der Waals surface area contributed by atoms with E-state index in [1.54, 1.807) is 32.9 Å². The molecular weight excluding hydrogens is 1200 g/mol. The molecule has 24 N–H and O–H groups in total. The van der Waals surface area contributed by atoms with E-state index in [-0.39, 0.29) is 93.6 Å². The fourth-order valence-electron chi connectivity index (χ4n) is 8.35. The van der Waals surface area contributed by atoms with E-state index in [9.17, 15) is 88.0 Å². The van der Waals surface area contributed by atoms with Crippen LogP contribution >= 0.6 is 0 Å². The Balaban J connectivity index is 2.41. The number of primary amides is 1. The molecule has 0 saturated carbocycles. The molecular formula is C53H80N20O18. The Morgan fingerprint density at radius 1 is 0.549 bits per heavy atom. The van der Waals surface area contributed by atoms with Crippen LogP contribution in [0, 0.1) is 26.1 Å². The highest BCUT2D eigenvalue weighted by Gasteiger charge is 2.36. The van der Waals surface area contributed by atoms with Gasteiger partial charge in [0.1, 0.15) is 54.0 Å². The molecule has 8 unspecified atom stereocenters. The van der Waals surface area contributed by atoms with Gasteiger partial charge in [0.15, 0.2) is 11.9 Å². The highest BCUT2D eigenvalue weighted by molar-refractivity contribution is 6.03. The molecule has 0 bridgehead atoms. The van der Waals surface area contributed by atoms with Crippen molar-refractivity contribution in [1.82, 2.24) is 47.9 Å². The van der Waals surface area contributed by atoms with Gasteiger partial charge in [0.25, 0.3) is 17.3 Å². The summed E-state index contributed by atoms with van der Waals surface area (Å²) in [7, 11) is 0. The first-order valence-corrected chi connectivity index (χ1v) is 28.3. The number of carboxylic acids is 2. The van der Waals surface area contributed by atoms with Crippen LogP contribution in [0.1, 0.15) is 102 Å². The minimum atomic E-state index is -2.04. The second kappa shape index (κ2) is 38.3. The van der Waals surface area contributed by atoms with Gasteiger partial charge in [-0.3, -0.25) is 87.7 Å². The standard InChI is InChI=1S/C53H80N20O18/c1-5-10-32(65-49(85)36(24-40(75)76)69-43(79)27(4)64-51(87)42(26(2)3)71-44(80)29-11-6-7-12-30(29)54)46(82)66-34(14-9-20-63-53(58)59)48(84)70-37(25-41(77)78)50(86)67-33(13-8-19-62-52(56)57)47(83)68-35(17-18-39(55)74)45(81)61-22-21-60-31-16-15-28(72(88)89)23-38(31)73(90)91/h6-7,11-12,15-16,23,26-27,32-37,42,60H,5,8-10,13-14,17-22,24-25,54H2,1-4H3,(H2,55,74)(H,61,81)(H,64,87)(H,65,85)(H,66,82)(H,67,86)(H,68,83)(H,69,79)(H,70,84)(H,71,80)(H,75,76)(H,77,78)(H4,56,57,62)(H4,58,59,63). The zero-order valence-electron chi connectivity index (χ0n) is 50.3. The van der Waals surface area contributed by atoms with Crippen LogP contribution in [0.3, 0.4) is 0 Å². The number of nitrogens with two attached hydrogens (primary N) is 6. The van der Waals surface area contributed by atoms with Crippen LogP contribution in [0.4, 0.5) is 22.7 Å². The molecule has 0 heterocycles. The Hall–Kier alpha value is -11.0. The van der Waals surface area contributed by atoms with Crippen molar-refractivity contribution in [2.45, 2.75) is 140 Å². The molecule has 38 heteroatoms. The van der Waals surface area contributed by atoms with Crippen LogP contribution in [0.2, 0.25) is 0 Å². The summed E-state index contributed by atoms with van der Waals surface area (Å²) in [6, 6.07) is -4.20. The molecule has 0 fully saturated rings. The third-order valence-electron chi connectivity index (χ3n) is 13.0. The molecule has 0 aliphatic carbocycles. The summed E-state index contributed by atoms with van der Waals surface area (Å²) in [5.41, 5.74) is 31.9. The molecule has 10 amide bonds. The first kappa shape index (κ1) is 76.1. The summed E-state index contributed by atoms with van der Waals surface area (Å²) in [6.45, 7) is 5.27. The molecule has 38 nitrogen and oxygen atoms in total. The number of aliphatic carboxylic acids is 2. The lowest BCUT2D eigenvalue weighted by atomic mass is 10.0. The van der Waals surface area contributed by atoms with Crippen molar-refractivity contribution < 1.29 is 77.6 Å². The minimum Gasteiger partial charge on any atom is -0.481 e. The number of nitrogen functional groups attached to an aromatic ring is 1. The van der Waals surface area contributed by atoms with Gasteiger partial charge < -0.3 is 97.8 Å². The van der Waals surface area contributed by atoms with Crippen LogP contribution < -0.4 is 87.6 Å². The Bertz CT molecular complexity index is 3030. The summed E-state index contributed by atoms with van der Waals surface area (Å²) in [5, 5.41) is 66.6. The normalized spacial score (nSPS) is 13.4. The third kappa shape index (κ3) is 27.7. The van der Waals surface area contributed by atoms with E-state index in [4.69, 9.17) is 34.4 Å². The highest BCUT2D eigenvalue weighted by atomic mass is 16.6. The lowest BCUT2D eigenvalue weighted by molar-refractivity contribution is -0.393. The van der Waals surface area contributed by atoms with Gasteiger partial charge in [-0.15, -0.1) is 0 Å². The Morgan fingerprint density at radius 2 is 1.01 bits per heavy atom. The van der Waals surface area contributed by atoms with Gasteiger partial charge in [-0.1, -0.05) is 39.3 Å². The second-order valence-corrected chi connectivity index (χ2v) is 20.7. The van der Waals surface area contributed by atoms with Gasteiger partial charge in [-0.2, -0.15) is 0 Å². The number of nitro groups is 2. The first-order valence-electron chi connectivity index (χ1n) is 28.3. The maximum atomic E-state index is 14.2. The number of para-hydroxylation sites is 1. The van der Waals surface area contributed by atoms with E-state index >= 15 is 0 Å². The zero-order valence-corrected chi connectivity index (χ0v) is 50.3. The summed E-state index contributed by atoms with van der Waals surface area (Å²) >= 11 is 0. The molecule has 0 spiro atoms. The average molecular weight is 1290 g/mol. The Morgan fingerprint density at radius 3 is 1.45 bits per heavy atom. The van der Waals surface area contributed by atoms with Gasteiger partial charge in [0.2, 0.25) is 53.2 Å². The largest absolute Gasteiger partial charge is 0.481 e. The number of aliphatic imine (C=N–C) groups is 2.